The molecule has 2 heterocycles. The molecule has 112 valence electrons. The quantitative estimate of drug-likeness (QED) is 0.904. The van der Waals surface area contributed by atoms with Crippen LogP contribution in [0.25, 0.3) is 0 Å². The predicted octanol–water partition coefficient (Wildman–Crippen LogP) is 3.22. The van der Waals surface area contributed by atoms with Gasteiger partial charge in [0.1, 0.15) is 0 Å². The maximum Gasteiger partial charge on any atom is 0.231 e. The van der Waals surface area contributed by atoms with Crippen molar-refractivity contribution in [1.82, 2.24) is 15.0 Å². The van der Waals surface area contributed by atoms with Gasteiger partial charge in [-0.2, -0.15) is 15.0 Å². The monoisotopic (exact) mass is 297 g/mol. The van der Waals surface area contributed by atoms with Crippen LogP contribution in [0.15, 0.2) is 0 Å². The van der Waals surface area contributed by atoms with Crippen molar-refractivity contribution in [3.63, 3.8) is 0 Å². The summed E-state index contributed by atoms with van der Waals surface area (Å²) < 4.78 is 0. The maximum absolute atomic E-state index is 6.02. The molecule has 0 amide bonds. The van der Waals surface area contributed by atoms with E-state index in [0.29, 0.717) is 23.7 Å². The van der Waals surface area contributed by atoms with E-state index in [9.17, 15) is 0 Å². The molecule has 20 heavy (non-hydrogen) atoms. The molecule has 0 aliphatic carbocycles. The summed E-state index contributed by atoms with van der Waals surface area (Å²) in [5.41, 5.74) is 0. The molecule has 1 aromatic heterocycles. The Labute approximate surface area is 126 Å². The summed E-state index contributed by atoms with van der Waals surface area (Å²) in [4.78, 5) is 15.1. The molecule has 1 fully saturated rings. The lowest BCUT2D eigenvalue weighted by atomic mass is 9.98. The SMILES string of the molecule is CC(C)C(C)CNc1nc(Cl)nc(N2CCCCC2)n1. The predicted molar refractivity (Wildman–Crippen MR) is 83.4 cm³/mol. The summed E-state index contributed by atoms with van der Waals surface area (Å²) >= 11 is 6.02. The van der Waals surface area contributed by atoms with Crippen LogP contribution in [0.3, 0.4) is 0 Å². The van der Waals surface area contributed by atoms with Crippen molar-refractivity contribution in [1.29, 1.82) is 0 Å². The molecular weight excluding hydrogens is 274 g/mol. The smallest absolute Gasteiger partial charge is 0.231 e. The zero-order valence-corrected chi connectivity index (χ0v) is 13.3. The third-order valence-electron chi connectivity index (χ3n) is 3.96. The van der Waals surface area contributed by atoms with E-state index in [2.05, 4.69) is 45.9 Å². The van der Waals surface area contributed by atoms with Crippen LogP contribution in [-0.2, 0) is 0 Å². The minimum atomic E-state index is 0.264. The van der Waals surface area contributed by atoms with E-state index in [1.165, 1.54) is 19.3 Å². The van der Waals surface area contributed by atoms with Gasteiger partial charge in [0.25, 0.3) is 0 Å². The largest absolute Gasteiger partial charge is 0.354 e. The molecular formula is C14H24ClN5. The van der Waals surface area contributed by atoms with Crippen LogP contribution >= 0.6 is 11.6 Å². The minimum Gasteiger partial charge on any atom is -0.354 e. The van der Waals surface area contributed by atoms with Crippen LogP contribution in [0.1, 0.15) is 40.0 Å². The molecule has 0 radical (unpaired) electrons. The number of rotatable bonds is 5. The molecule has 0 bridgehead atoms. The Morgan fingerprint density at radius 3 is 2.45 bits per heavy atom. The van der Waals surface area contributed by atoms with Crippen molar-refractivity contribution >= 4 is 23.5 Å². The fourth-order valence-electron chi connectivity index (χ4n) is 2.14. The molecule has 6 heteroatoms. The van der Waals surface area contributed by atoms with Gasteiger partial charge in [0, 0.05) is 19.6 Å². The Hall–Kier alpha value is -1.10. The van der Waals surface area contributed by atoms with E-state index >= 15 is 0 Å². The highest BCUT2D eigenvalue weighted by Gasteiger charge is 2.16. The minimum absolute atomic E-state index is 0.264. The van der Waals surface area contributed by atoms with E-state index in [-0.39, 0.29) is 5.28 Å². The zero-order chi connectivity index (χ0) is 14.5. The van der Waals surface area contributed by atoms with Crippen molar-refractivity contribution < 1.29 is 0 Å². The van der Waals surface area contributed by atoms with Crippen molar-refractivity contribution in [2.75, 3.05) is 29.9 Å². The van der Waals surface area contributed by atoms with Gasteiger partial charge in [-0.1, -0.05) is 20.8 Å². The first kappa shape index (κ1) is 15.3. The second kappa shape index (κ2) is 7.07. The van der Waals surface area contributed by atoms with E-state index < -0.39 is 0 Å². The molecule has 1 atom stereocenters. The molecule has 0 spiro atoms. The molecule has 5 nitrogen and oxygen atoms in total. The molecule has 1 aliphatic heterocycles. The molecule has 1 aromatic rings. The van der Waals surface area contributed by atoms with Gasteiger partial charge in [-0.05, 0) is 42.7 Å². The van der Waals surface area contributed by atoms with Crippen LogP contribution in [0.5, 0.6) is 0 Å². The Morgan fingerprint density at radius 2 is 1.80 bits per heavy atom. The topological polar surface area (TPSA) is 53.9 Å². The van der Waals surface area contributed by atoms with Gasteiger partial charge in [0.05, 0.1) is 0 Å². The Morgan fingerprint density at radius 1 is 1.10 bits per heavy atom. The van der Waals surface area contributed by atoms with Crippen LogP contribution in [0.4, 0.5) is 11.9 Å². The van der Waals surface area contributed by atoms with Gasteiger partial charge >= 0.3 is 0 Å². The number of nitrogens with zero attached hydrogens (tertiary/aromatic N) is 4. The standard InChI is InChI=1S/C14H24ClN5/c1-10(2)11(3)9-16-13-17-12(15)18-14(19-13)20-7-5-4-6-8-20/h10-11H,4-9H2,1-3H3,(H,16,17,18,19). The number of anilines is 2. The zero-order valence-electron chi connectivity index (χ0n) is 12.6. The van der Waals surface area contributed by atoms with Crippen molar-refractivity contribution in [3.8, 4) is 0 Å². The summed E-state index contributed by atoms with van der Waals surface area (Å²) in [7, 11) is 0. The average molecular weight is 298 g/mol. The number of nitrogens with one attached hydrogen (secondary N) is 1. The first-order chi connectivity index (χ1) is 9.56. The lowest BCUT2D eigenvalue weighted by molar-refractivity contribution is 0.439. The third-order valence-corrected chi connectivity index (χ3v) is 4.12. The number of hydrogen-bond acceptors (Lipinski definition) is 5. The number of aromatic nitrogens is 3. The fourth-order valence-corrected chi connectivity index (χ4v) is 2.30. The van der Waals surface area contributed by atoms with Gasteiger partial charge in [0.2, 0.25) is 17.2 Å². The van der Waals surface area contributed by atoms with E-state index in [1.807, 2.05) is 0 Å². The van der Waals surface area contributed by atoms with Gasteiger partial charge in [-0.25, -0.2) is 0 Å². The Balaban J connectivity index is 2.04. The second-order valence-corrected chi connectivity index (χ2v) is 6.22. The second-order valence-electron chi connectivity index (χ2n) is 5.88. The van der Waals surface area contributed by atoms with E-state index in [0.717, 1.165) is 19.6 Å². The van der Waals surface area contributed by atoms with Crippen molar-refractivity contribution in [2.45, 2.75) is 40.0 Å². The first-order valence-corrected chi connectivity index (χ1v) is 7.84. The van der Waals surface area contributed by atoms with E-state index in [4.69, 9.17) is 11.6 Å². The van der Waals surface area contributed by atoms with Crippen LogP contribution < -0.4 is 10.2 Å². The lowest BCUT2D eigenvalue weighted by Gasteiger charge is -2.26. The molecule has 0 aromatic carbocycles. The highest BCUT2D eigenvalue weighted by Crippen LogP contribution is 2.19. The number of hydrogen-bond donors (Lipinski definition) is 1. The summed E-state index contributed by atoms with van der Waals surface area (Å²) in [5, 5.41) is 3.54. The Kier molecular flexibility index (Phi) is 5.40. The fraction of sp³-hybridized carbons (Fsp3) is 0.786. The van der Waals surface area contributed by atoms with Gasteiger partial charge in [-0.3, -0.25) is 0 Å². The van der Waals surface area contributed by atoms with Crippen molar-refractivity contribution in [3.05, 3.63) is 5.28 Å². The average Bonchev–Trinajstić information content (AvgIpc) is 2.45. The molecule has 0 saturated carbocycles. The van der Waals surface area contributed by atoms with Gasteiger partial charge < -0.3 is 10.2 Å². The molecule has 1 N–H and O–H groups in total. The highest BCUT2D eigenvalue weighted by atomic mass is 35.5. The lowest BCUT2D eigenvalue weighted by Crippen LogP contribution is -2.31. The number of piperidine rings is 1. The molecule has 1 aliphatic rings. The Bertz CT molecular complexity index is 432. The molecule has 1 saturated heterocycles. The summed E-state index contributed by atoms with van der Waals surface area (Å²) in [6.45, 7) is 9.49. The normalized spacial score (nSPS) is 17.4. The van der Waals surface area contributed by atoms with Crippen molar-refractivity contribution in [2.24, 2.45) is 11.8 Å². The van der Waals surface area contributed by atoms with Crippen LogP contribution in [-0.4, -0.2) is 34.6 Å². The van der Waals surface area contributed by atoms with Gasteiger partial charge in [-0.15, -0.1) is 0 Å². The third kappa shape index (κ3) is 4.20. The summed E-state index contributed by atoms with van der Waals surface area (Å²) in [5.74, 6) is 2.47. The van der Waals surface area contributed by atoms with Crippen LogP contribution in [0.2, 0.25) is 5.28 Å². The maximum atomic E-state index is 6.02. The summed E-state index contributed by atoms with van der Waals surface area (Å²) in [6.07, 6.45) is 3.67. The van der Waals surface area contributed by atoms with Gasteiger partial charge in [0.15, 0.2) is 0 Å². The highest BCUT2D eigenvalue weighted by molar-refractivity contribution is 6.28. The van der Waals surface area contributed by atoms with E-state index in [1.54, 1.807) is 0 Å². The molecule has 1 unspecified atom stereocenters. The number of halogens is 1. The van der Waals surface area contributed by atoms with Crippen LogP contribution in [0, 0.1) is 11.8 Å². The summed E-state index contributed by atoms with van der Waals surface area (Å²) in [6, 6.07) is 0. The molecule has 2 rings (SSSR count). The first-order valence-electron chi connectivity index (χ1n) is 7.46.